The van der Waals surface area contributed by atoms with Crippen molar-refractivity contribution in [2.24, 2.45) is 0 Å². The van der Waals surface area contributed by atoms with Gasteiger partial charge in [0.2, 0.25) is 0 Å². The zero-order valence-corrected chi connectivity index (χ0v) is 8.55. The monoisotopic (exact) mass is 234 g/mol. The van der Waals surface area contributed by atoms with Gasteiger partial charge in [-0.2, -0.15) is 13.2 Å². The van der Waals surface area contributed by atoms with Gasteiger partial charge in [0.25, 0.3) is 0 Å². The van der Waals surface area contributed by atoms with Crippen LogP contribution in [0, 0.1) is 0 Å². The summed E-state index contributed by atoms with van der Waals surface area (Å²) < 4.78 is 41.7. The SMILES string of the molecule is COc1cc(C(F)(F)F)cc(O)c1C(C)=O. The maximum Gasteiger partial charge on any atom is 0.416 e. The number of methoxy groups -OCH3 is 1. The van der Waals surface area contributed by atoms with Crippen molar-refractivity contribution < 1.29 is 27.8 Å². The number of ether oxygens (including phenoxy) is 1. The van der Waals surface area contributed by atoms with Crippen molar-refractivity contribution in [2.45, 2.75) is 13.1 Å². The van der Waals surface area contributed by atoms with Crippen LogP contribution in [-0.4, -0.2) is 18.0 Å². The molecule has 0 fully saturated rings. The fourth-order valence-electron chi connectivity index (χ4n) is 1.28. The molecule has 0 saturated carbocycles. The van der Waals surface area contributed by atoms with Gasteiger partial charge < -0.3 is 9.84 Å². The van der Waals surface area contributed by atoms with Crippen LogP contribution in [0.15, 0.2) is 12.1 Å². The summed E-state index contributed by atoms with van der Waals surface area (Å²) in [7, 11) is 1.13. The molecule has 0 heterocycles. The van der Waals surface area contributed by atoms with E-state index in [0.717, 1.165) is 14.0 Å². The number of carbonyl (C=O) groups is 1. The molecule has 88 valence electrons. The predicted molar refractivity (Wildman–Crippen MR) is 49.7 cm³/mol. The van der Waals surface area contributed by atoms with Crippen molar-refractivity contribution in [1.82, 2.24) is 0 Å². The highest BCUT2D eigenvalue weighted by atomic mass is 19.4. The minimum absolute atomic E-state index is 0.254. The molecule has 0 atom stereocenters. The van der Waals surface area contributed by atoms with E-state index in [9.17, 15) is 23.1 Å². The fourth-order valence-corrected chi connectivity index (χ4v) is 1.28. The van der Waals surface area contributed by atoms with Gasteiger partial charge in [0.05, 0.1) is 12.7 Å². The van der Waals surface area contributed by atoms with Gasteiger partial charge in [-0.25, -0.2) is 0 Å². The molecular formula is C10H9F3O3. The number of rotatable bonds is 2. The summed E-state index contributed by atoms with van der Waals surface area (Å²) in [5.41, 5.74) is -1.32. The molecule has 0 spiro atoms. The Bertz CT molecular complexity index is 424. The normalized spacial score (nSPS) is 11.3. The molecule has 1 aromatic rings. The van der Waals surface area contributed by atoms with Crippen molar-refractivity contribution in [3.05, 3.63) is 23.3 Å². The average Bonchev–Trinajstić information content (AvgIpc) is 2.14. The van der Waals surface area contributed by atoms with E-state index < -0.39 is 23.3 Å². The lowest BCUT2D eigenvalue weighted by Crippen LogP contribution is -2.07. The molecule has 1 rings (SSSR count). The summed E-state index contributed by atoms with van der Waals surface area (Å²) in [5, 5.41) is 9.34. The van der Waals surface area contributed by atoms with Gasteiger partial charge >= 0.3 is 6.18 Å². The minimum atomic E-state index is -4.60. The first kappa shape index (κ1) is 12.4. The minimum Gasteiger partial charge on any atom is -0.507 e. The summed E-state index contributed by atoms with van der Waals surface area (Å²) in [6.45, 7) is 1.13. The third kappa shape index (κ3) is 2.26. The quantitative estimate of drug-likeness (QED) is 0.800. The van der Waals surface area contributed by atoms with E-state index in [-0.39, 0.29) is 11.3 Å². The van der Waals surface area contributed by atoms with Crippen molar-refractivity contribution in [1.29, 1.82) is 0 Å². The standard InChI is InChI=1S/C10H9F3O3/c1-5(14)9-7(15)3-6(10(11,12)13)4-8(9)16-2/h3-4,15H,1-2H3. The molecule has 0 aliphatic carbocycles. The lowest BCUT2D eigenvalue weighted by molar-refractivity contribution is -0.137. The Morgan fingerprint density at radius 3 is 2.31 bits per heavy atom. The number of phenolic OH excluding ortho intramolecular Hbond substituents is 1. The largest absolute Gasteiger partial charge is 0.507 e. The van der Waals surface area contributed by atoms with E-state index in [0.29, 0.717) is 12.1 Å². The van der Waals surface area contributed by atoms with Crippen molar-refractivity contribution >= 4 is 5.78 Å². The summed E-state index contributed by atoms with van der Waals surface area (Å²) in [4.78, 5) is 11.1. The third-order valence-electron chi connectivity index (χ3n) is 1.98. The summed E-state index contributed by atoms with van der Waals surface area (Å²) >= 11 is 0. The molecule has 3 nitrogen and oxygen atoms in total. The Balaban J connectivity index is 3.44. The van der Waals surface area contributed by atoms with Crippen LogP contribution in [-0.2, 0) is 6.18 Å². The number of alkyl halides is 3. The molecule has 0 radical (unpaired) electrons. The molecule has 16 heavy (non-hydrogen) atoms. The second kappa shape index (κ2) is 4.03. The molecule has 1 aromatic carbocycles. The van der Waals surface area contributed by atoms with E-state index in [1.54, 1.807) is 0 Å². The fraction of sp³-hybridized carbons (Fsp3) is 0.300. The molecule has 1 N–H and O–H groups in total. The van der Waals surface area contributed by atoms with E-state index in [1.165, 1.54) is 0 Å². The van der Waals surface area contributed by atoms with Crippen molar-refractivity contribution in [3.63, 3.8) is 0 Å². The number of hydrogen-bond acceptors (Lipinski definition) is 3. The van der Waals surface area contributed by atoms with Crippen LogP contribution in [0.5, 0.6) is 11.5 Å². The van der Waals surface area contributed by atoms with E-state index in [4.69, 9.17) is 0 Å². The van der Waals surface area contributed by atoms with Crippen LogP contribution in [0.25, 0.3) is 0 Å². The second-order valence-electron chi connectivity index (χ2n) is 3.13. The van der Waals surface area contributed by atoms with Crippen molar-refractivity contribution in [2.75, 3.05) is 7.11 Å². The Morgan fingerprint density at radius 1 is 1.38 bits per heavy atom. The Hall–Kier alpha value is -1.72. The Morgan fingerprint density at radius 2 is 1.94 bits per heavy atom. The Kier molecular flexibility index (Phi) is 3.11. The van der Waals surface area contributed by atoms with Gasteiger partial charge in [-0.3, -0.25) is 4.79 Å². The number of aromatic hydroxyl groups is 1. The summed E-state index contributed by atoms with van der Waals surface area (Å²) in [5.74, 6) is -1.60. The molecule has 0 aromatic heterocycles. The topological polar surface area (TPSA) is 46.5 Å². The summed E-state index contributed by atoms with van der Waals surface area (Å²) in [6, 6.07) is 1.18. The number of ketones is 1. The molecule has 0 aliphatic rings. The van der Waals surface area contributed by atoms with Crippen LogP contribution in [0.4, 0.5) is 13.2 Å². The molecular weight excluding hydrogens is 225 g/mol. The van der Waals surface area contributed by atoms with E-state index in [2.05, 4.69) is 4.74 Å². The van der Waals surface area contributed by atoms with Crippen LogP contribution >= 0.6 is 0 Å². The zero-order chi connectivity index (χ0) is 12.5. The van der Waals surface area contributed by atoms with Gasteiger partial charge in [0.1, 0.15) is 17.1 Å². The molecule has 0 bridgehead atoms. The van der Waals surface area contributed by atoms with E-state index in [1.807, 2.05) is 0 Å². The third-order valence-corrected chi connectivity index (χ3v) is 1.98. The average molecular weight is 234 g/mol. The highest BCUT2D eigenvalue weighted by molar-refractivity contribution is 5.99. The lowest BCUT2D eigenvalue weighted by atomic mass is 10.1. The number of carbonyl (C=O) groups excluding carboxylic acids is 1. The first-order valence-corrected chi connectivity index (χ1v) is 4.26. The van der Waals surface area contributed by atoms with Gasteiger partial charge in [-0.05, 0) is 19.1 Å². The summed E-state index contributed by atoms with van der Waals surface area (Å²) in [6.07, 6.45) is -4.60. The number of Topliss-reactive ketones (excluding diaryl/α,β-unsaturated/α-hetero) is 1. The Labute approximate surface area is 89.5 Å². The van der Waals surface area contributed by atoms with Crippen molar-refractivity contribution in [3.8, 4) is 11.5 Å². The lowest BCUT2D eigenvalue weighted by Gasteiger charge is -2.12. The second-order valence-corrected chi connectivity index (χ2v) is 3.13. The molecule has 0 aliphatic heterocycles. The number of benzene rings is 1. The number of halogens is 3. The zero-order valence-electron chi connectivity index (χ0n) is 8.55. The van der Waals surface area contributed by atoms with Gasteiger partial charge in [-0.1, -0.05) is 0 Å². The van der Waals surface area contributed by atoms with E-state index >= 15 is 0 Å². The van der Waals surface area contributed by atoms with Gasteiger partial charge in [-0.15, -0.1) is 0 Å². The van der Waals surface area contributed by atoms with Gasteiger partial charge in [0, 0.05) is 0 Å². The highest BCUT2D eigenvalue weighted by Gasteiger charge is 2.33. The highest BCUT2D eigenvalue weighted by Crippen LogP contribution is 2.37. The first-order valence-electron chi connectivity index (χ1n) is 4.26. The number of phenols is 1. The van der Waals surface area contributed by atoms with Crippen LogP contribution < -0.4 is 4.74 Å². The maximum atomic E-state index is 12.4. The van der Waals surface area contributed by atoms with Crippen LogP contribution in [0.3, 0.4) is 0 Å². The van der Waals surface area contributed by atoms with Crippen LogP contribution in [0.2, 0.25) is 0 Å². The smallest absolute Gasteiger partial charge is 0.416 e. The maximum absolute atomic E-state index is 12.4. The number of hydrogen-bond donors (Lipinski definition) is 1. The molecule has 0 unspecified atom stereocenters. The van der Waals surface area contributed by atoms with Crippen LogP contribution in [0.1, 0.15) is 22.8 Å². The molecule has 0 saturated heterocycles. The molecule has 6 heteroatoms. The first-order chi connectivity index (χ1) is 7.27. The van der Waals surface area contributed by atoms with Gasteiger partial charge in [0.15, 0.2) is 5.78 Å². The predicted octanol–water partition coefficient (Wildman–Crippen LogP) is 2.62. The molecule has 0 amide bonds.